The van der Waals surface area contributed by atoms with E-state index in [-0.39, 0.29) is 29.8 Å². The number of morpholine rings is 1. The summed E-state index contributed by atoms with van der Waals surface area (Å²) in [6, 6.07) is 15.5. The van der Waals surface area contributed by atoms with E-state index in [0.717, 1.165) is 77.2 Å². The van der Waals surface area contributed by atoms with Crippen molar-refractivity contribution >= 4 is 35.6 Å². The largest absolute Gasteiger partial charge is 0.379 e. The van der Waals surface area contributed by atoms with Gasteiger partial charge in [-0.15, -0.1) is 24.0 Å². The van der Waals surface area contributed by atoms with Crippen molar-refractivity contribution in [3.8, 4) is 0 Å². The van der Waals surface area contributed by atoms with E-state index in [4.69, 9.17) is 4.74 Å². The van der Waals surface area contributed by atoms with Gasteiger partial charge in [0.1, 0.15) is 5.82 Å². The fourth-order valence-corrected chi connectivity index (χ4v) is 4.20. The Morgan fingerprint density at radius 1 is 0.969 bits per heavy atom. The number of guanidine groups is 1. The molecule has 2 aromatic rings. The van der Waals surface area contributed by atoms with Gasteiger partial charge in [-0.05, 0) is 35.4 Å². The predicted octanol–water partition coefficient (Wildman–Crippen LogP) is 3.17. The summed E-state index contributed by atoms with van der Waals surface area (Å²) in [4.78, 5) is 11.5. The maximum absolute atomic E-state index is 13.2. The van der Waals surface area contributed by atoms with Gasteiger partial charge >= 0.3 is 0 Å². The Balaban J connectivity index is 0.00000289. The lowest BCUT2D eigenvalue weighted by Crippen LogP contribution is -2.52. The Morgan fingerprint density at radius 3 is 2.34 bits per heavy atom. The van der Waals surface area contributed by atoms with Crippen LogP contribution < -0.4 is 10.2 Å². The van der Waals surface area contributed by atoms with Crippen molar-refractivity contribution in [3.05, 3.63) is 65.5 Å². The molecule has 2 aromatic carbocycles. The number of benzene rings is 2. The van der Waals surface area contributed by atoms with Gasteiger partial charge in [0.15, 0.2) is 5.96 Å². The molecule has 0 atom stereocenters. The monoisotopic (exact) mass is 553 g/mol. The van der Waals surface area contributed by atoms with Crippen molar-refractivity contribution in [2.24, 2.45) is 4.99 Å². The zero-order valence-corrected chi connectivity index (χ0v) is 21.0. The number of ether oxygens (including phenoxy) is 1. The molecular formula is C24H33FIN5O. The summed E-state index contributed by atoms with van der Waals surface area (Å²) >= 11 is 0. The molecule has 0 bridgehead atoms. The van der Waals surface area contributed by atoms with E-state index in [9.17, 15) is 4.39 Å². The first-order valence-corrected chi connectivity index (χ1v) is 11.1. The third-order valence-electron chi connectivity index (χ3n) is 5.93. The number of halogens is 2. The summed E-state index contributed by atoms with van der Waals surface area (Å²) in [6.45, 7) is 8.92. The maximum atomic E-state index is 13.2. The van der Waals surface area contributed by atoms with Gasteiger partial charge in [0.05, 0.1) is 13.2 Å². The molecule has 8 heteroatoms. The average Bonchev–Trinajstić information content (AvgIpc) is 2.81. The number of nitrogens with one attached hydrogen (secondary N) is 1. The second kappa shape index (κ2) is 12.4. The first-order chi connectivity index (χ1) is 15.2. The number of piperazine rings is 1. The lowest BCUT2D eigenvalue weighted by atomic mass is 10.1. The van der Waals surface area contributed by atoms with Crippen molar-refractivity contribution in [1.29, 1.82) is 0 Å². The Morgan fingerprint density at radius 2 is 1.66 bits per heavy atom. The van der Waals surface area contributed by atoms with Crippen molar-refractivity contribution < 1.29 is 9.13 Å². The molecule has 0 spiro atoms. The molecule has 2 heterocycles. The molecule has 4 rings (SSSR count). The lowest BCUT2D eigenvalue weighted by Gasteiger charge is -2.37. The van der Waals surface area contributed by atoms with Gasteiger partial charge in [-0.2, -0.15) is 0 Å². The van der Waals surface area contributed by atoms with Crippen molar-refractivity contribution in [2.45, 2.75) is 13.1 Å². The van der Waals surface area contributed by atoms with Crippen LogP contribution >= 0.6 is 24.0 Å². The second-order valence-electron chi connectivity index (χ2n) is 8.06. The summed E-state index contributed by atoms with van der Waals surface area (Å²) < 4.78 is 18.6. The number of aliphatic imine (C=N–C) groups is 1. The van der Waals surface area contributed by atoms with E-state index in [0.29, 0.717) is 0 Å². The zero-order valence-electron chi connectivity index (χ0n) is 18.7. The predicted molar refractivity (Wildman–Crippen MR) is 138 cm³/mol. The molecule has 2 fully saturated rings. The highest BCUT2D eigenvalue weighted by Gasteiger charge is 2.20. The van der Waals surface area contributed by atoms with E-state index in [1.807, 2.05) is 19.2 Å². The zero-order chi connectivity index (χ0) is 21.5. The van der Waals surface area contributed by atoms with E-state index in [1.54, 1.807) is 0 Å². The molecule has 6 nitrogen and oxygen atoms in total. The minimum absolute atomic E-state index is 0. The first kappa shape index (κ1) is 24.7. The average molecular weight is 553 g/mol. The van der Waals surface area contributed by atoms with Crippen LogP contribution in [-0.4, -0.2) is 75.3 Å². The highest BCUT2D eigenvalue weighted by Crippen LogP contribution is 2.17. The minimum atomic E-state index is -0.194. The number of anilines is 1. The van der Waals surface area contributed by atoms with Gasteiger partial charge in [-0.25, -0.2) is 4.39 Å². The molecule has 2 aliphatic heterocycles. The molecule has 0 aromatic heterocycles. The van der Waals surface area contributed by atoms with Crippen LogP contribution in [0.5, 0.6) is 0 Å². The van der Waals surface area contributed by atoms with E-state index in [1.165, 1.54) is 23.3 Å². The van der Waals surface area contributed by atoms with Crippen LogP contribution in [0.3, 0.4) is 0 Å². The van der Waals surface area contributed by atoms with Crippen molar-refractivity contribution in [1.82, 2.24) is 15.1 Å². The molecule has 0 saturated carbocycles. The first-order valence-electron chi connectivity index (χ1n) is 11.1. The second-order valence-corrected chi connectivity index (χ2v) is 8.06. The third-order valence-corrected chi connectivity index (χ3v) is 5.93. The van der Waals surface area contributed by atoms with Crippen LogP contribution in [0, 0.1) is 5.82 Å². The van der Waals surface area contributed by atoms with Crippen LogP contribution in [0.25, 0.3) is 0 Å². The molecule has 0 unspecified atom stereocenters. The van der Waals surface area contributed by atoms with Gasteiger partial charge in [0.2, 0.25) is 0 Å². The third kappa shape index (κ3) is 6.79. The molecule has 0 radical (unpaired) electrons. The lowest BCUT2D eigenvalue weighted by molar-refractivity contribution is 0.0342. The standard InChI is InChI=1S/C24H32FN5O.HI/c1-26-24(30-11-9-29(10-12-30)23-7-5-22(25)6-8-23)27-18-20-3-2-4-21(17-20)19-28-13-15-31-16-14-28;/h2-8,17H,9-16,18-19H2,1H3,(H,26,27);1H. The van der Waals surface area contributed by atoms with E-state index < -0.39 is 0 Å². The molecule has 2 aliphatic rings. The molecular weight excluding hydrogens is 520 g/mol. The van der Waals surface area contributed by atoms with Gasteiger partial charge < -0.3 is 19.9 Å². The highest BCUT2D eigenvalue weighted by atomic mass is 127. The number of rotatable bonds is 5. The molecule has 2 saturated heterocycles. The molecule has 0 aliphatic carbocycles. The summed E-state index contributed by atoms with van der Waals surface area (Å²) in [6.07, 6.45) is 0. The van der Waals surface area contributed by atoms with Crippen LogP contribution in [0.2, 0.25) is 0 Å². The molecule has 1 N–H and O–H groups in total. The summed E-state index contributed by atoms with van der Waals surface area (Å²) in [5.41, 5.74) is 3.67. The van der Waals surface area contributed by atoms with E-state index >= 15 is 0 Å². The Kier molecular flexibility index (Phi) is 9.55. The quantitative estimate of drug-likeness (QED) is 0.350. The van der Waals surface area contributed by atoms with Crippen LogP contribution in [0.4, 0.5) is 10.1 Å². The SMILES string of the molecule is CN=C(NCc1cccc(CN2CCOCC2)c1)N1CCN(c2ccc(F)cc2)CC1.I. The number of hydrogen-bond donors (Lipinski definition) is 1. The van der Waals surface area contributed by atoms with Gasteiger partial charge in [0, 0.05) is 65.1 Å². The van der Waals surface area contributed by atoms with Gasteiger partial charge in [0.25, 0.3) is 0 Å². The fraction of sp³-hybridized carbons (Fsp3) is 0.458. The topological polar surface area (TPSA) is 43.3 Å². The number of nitrogens with zero attached hydrogens (tertiary/aromatic N) is 4. The van der Waals surface area contributed by atoms with E-state index in [2.05, 4.69) is 49.3 Å². The summed E-state index contributed by atoms with van der Waals surface area (Å²) in [5.74, 6) is 0.735. The maximum Gasteiger partial charge on any atom is 0.194 e. The van der Waals surface area contributed by atoms with Gasteiger partial charge in [-0.1, -0.05) is 24.3 Å². The Hall–Kier alpha value is -1.91. The Labute approximate surface area is 207 Å². The summed E-state index contributed by atoms with van der Waals surface area (Å²) in [5, 5.41) is 3.52. The highest BCUT2D eigenvalue weighted by molar-refractivity contribution is 14.0. The van der Waals surface area contributed by atoms with Crippen molar-refractivity contribution in [3.63, 3.8) is 0 Å². The summed E-state index contributed by atoms with van der Waals surface area (Å²) in [7, 11) is 1.84. The van der Waals surface area contributed by atoms with Crippen LogP contribution in [-0.2, 0) is 17.8 Å². The smallest absolute Gasteiger partial charge is 0.194 e. The van der Waals surface area contributed by atoms with Gasteiger partial charge in [-0.3, -0.25) is 9.89 Å². The van der Waals surface area contributed by atoms with Crippen LogP contribution in [0.1, 0.15) is 11.1 Å². The van der Waals surface area contributed by atoms with Crippen LogP contribution in [0.15, 0.2) is 53.5 Å². The molecule has 174 valence electrons. The molecule has 32 heavy (non-hydrogen) atoms. The molecule has 0 amide bonds. The minimum Gasteiger partial charge on any atom is -0.379 e. The fourth-order valence-electron chi connectivity index (χ4n) is 4.20. The Bertz CT molecular complexity index is 865. The number of hydrogen-bond acceptors (Lipinski definition) is 4. The van der Waals surface area contributed by atoms with Crippen molar-refractivity contribution in [2.75, 3.05) is 64.4 Å². The normalized spacial score (nSPS) is 17.8.